The fourth-order valence-corrected chi connectivity index (χ4v) is 4.03. The minimum Gasteiger partial charge on any atom is -0.372 e. The van der Waals surface area contributed by atoms with E-state index < -0.39 is 0 Å². The van der Waals surface area contributed by atoms with Crippen LogP contribution in [0.15, 0.2) is 53.9 Å². The van der Waals surface area contributed by atoms with Crippen LogP contribution in [0.1, 0.15) is 12.8 Å². The average Bonchev–Trinajstić information content (AvgIpc) is 3.41. The SMILES string of the molecule is c1cc(-c2ccc3nnc(-c4cccs4)n3n2)cc(N2CCCC2)c1. The van der Waals surface area contributed by atoms with Crippen LogP contribution in [0.3, 0.4) is 0 Å². The first-order valence-electron chi connectivity index (χ1n) is 8.50. The first-order chi connectivity index (χ1) is 12.4. The molecule has 0 atom stereocenters. The van der Waals surface area contributed by atoms with E-state index in [0.717, 1.165) is 40.7 Å². The van der Waals surface area contributed by atoms with E-state index >= 15 is 0 Å². The van der Waals surface area contributed by atoms with Crippen molar-refractivity contribution >= 4 is 22.7 Å². The van der Waals surface area contributed by atoms with Crippen LogP contribution in [0.4, 0.5) is 5.69 Å². The number of aromatic nitrogens is 4. The van der Waals surface area contributed by atoms with E-state index in [1.165, 1.54) is 18.5 Å². The van der Waals surface area contributed by atoms with Crippen LogP contribution in [0.2, 0.25) is 0 Å². The largest absolute Gasteiger partial charge is 0.372 e. The number of hydrogen-bond donors (Lipinski definition) is 0. The fourth-order valence-electron chi connectivity index (χ4n) is 3.34. The van der Waals surface area contributed by atoms with Gasteiger partial charge in [-0.2, -0.15) is 9.61 Å². The minimum atomic E-state index is 0.767. The molecule has 124 valence electrons. The average molecular weight is 347 g/mol. The summed E-state index contributed by atoms with van der Waals surface area (Å²) in [5.74, 6) is 0.794. The third kappa shape index (κ3) is 2.59. The highest BCUT2D eigenvalue weighted by atomic mass is 32.1. The number of benzene rings is 1. The summed E-state index contributed by atoms with van der Waals surface area (Å²) in [6.07, 6.45) is 2.55. The lowest BCUT2D eigenvalue weighted by Crippen LogP contribution is -2.17. The van der Waals surface area contributed by atoms with Gasteiger partial charge in [-0.25, -0.2) is 0 Å². The Balaban J connectivity index is 1.59. The second kappa shape index (κ2) is 5.97. The summed E-state index contributed by atoms with van der Waals surface area (Å²) < 4.78 is 1.84. The Bertz CT molecular complexity index is 1020. The van der Waals surface area contributed by atoms with Crippen molar-refractivity contribution in [2.45, 2.75) is 12.8 Å². The Morgan fingerprint density at radius 3 is 2.68 bits per heavy atom. The molecule has 0 N–H and O–H groups in total. The van der Waals surface area contributed by atoms with Crippen molar-refractivity contribution in [2.75, 3.05) is 18.0 Å². The molecule has 0 unspecified atom stereocenters. The first kappa shape index (κ1) is 14.6. The third-order valence-electron chi connectivity index (χ3n) is 4.62. The molecule has 1 fully saturated rings. The maximum atomic E-state index is 4.81. The van der Waals surface area contributed by atoms with Gasteiger partial charge in [0.1, 0.15) is 0 Å². The van der Waals surface area contributed by atoms with Crippen molar-refractivity contribution in [1.82, 2.24) is 19.8 Å². The van der Waals surface area contributed by atoms with Gasteiger partial charge in [0.05, 0.1) is 10.6 Å². The maximum Gasteiger partial charge on any atom is 0.195 e. The van der Waals surface area contributed by atoms with Crippen LogP contribution in [0.5, 0.6) is 0 Å². The fraction of sp³-hybridized carbons (Fsp3) is 0.211. The Morgan fingerprint density at radius 1 is 0.920 bits per heavy atom. The predicted molar refractivity (Wildman–Crippen MR) is 101 cm³/mol. The van der Waals surface area contributed by atoms with Crippen molar-refractivity contribution in [1.29, 1.82) is 0 Å². The van der Waals surface area contributed by atoms with Gasteiger partial charge in [-0.15, -0.1) is 21.5 Å². The van der Waals surface area contributed by atoms with E-state index in [4.69, 9.17) is 5.10 Å². The molecular formula is C19H17N5S. The zero-order valence-electron chi connectivity index (χ0n) is 13.7. The number of fused-ring (bicyclic) bond motifs is 1. The molecule has 5 rings (SSSR count). The van der Waals surface area contributed by atoms with Crippen LogP contribution in [-0.2, 0) is 0 Å². The number of nitrogens with zero attached hydrogens (tertiary/aromatic N) is 5. The second-order valence-corrected chi connectivity index (χ2v) is 7.18. The van der Waals surface area contributed by atoms with Crippen molar-refractivity contribution in [3.63, 3.8) is 0 Å². The molecule has 0 spiro atoms. The monoisotopic (exact) mass is 347 g/mol. The highest BCUT2D eigenvalue weighted by Gasteiger charge is 2.14. The van der Waals surface area contributed by atoms with Gasteiger partial charge >= 0.3 is 0 Å². The third-order valence-corrected chi connectivity index (χ3v) is 5.48. The van der Waals surface area contributed by atoms with Crippen molar-refractivity contribution in [2.24, 2.45) is 0 Å². The van der Waals surface area contributed by atoms with Gasteiger partial charge in [-0.05, 0) is 48.6 Å². The van der Waals surface area contributed by atoms with Gasteiger partial charge < -0.3 is 4.90 Å². The molecule has 25 heavy (non-hydrogen) atoms. The van der Waals surface area contributed by atoms with Gasteiger partial charge in [-0.1, -0.05) is 18.2 Å². The molecule has 5 nitrogen and oxygen atoms in total. The van der Waals surface area contributed by atoms with Crippen LogP contribution in [-0.4, -0.2) is 32.9 Å². The van der Waals surface area contributed by atoms with E-state index in [-0.39, 0.29) is 0 Å². The summed E-state index contributed by atoms with van der Waals surface area (Å²) in [5.41, 5.74) is 4.10. The lowest BCUT2D eigenvalue weighted by molar-refractivity contribution is 0.942. The zero-order valence-corrected chi connectivity index (χ0v) is 14.5. The Morgan fingerprint density at radius 2 is 1.84 bits per heavy atom. The summed E-state index contributed by atoms with van der Waals surface area (Å²) in [5, 5.41) is 15.4. The molecule has 4 aromatic rings. The molecule has 6 heteroatoms. The number of thiophene rings is 1. The molecule has 0 saturated carbocycles. The molecule has 0 bridgehead atoms. The lowest BCUT2D eigenvalue weighted by atomic mass is 10.1. The molecule has 3 aromatic heterocycles. The molecule has 0 radical (unpaired) electrons. The number of anilines is 1. The Hall–Kier alpha value is -2.73. The predicted octanol–water partition coefficient (Wildman–Crippen LogP) is 4.12. The van der Waals surface area contributed by atoms with Crippen molar-refractivity contribution in [3.05, 3.63) is 53.9 Å². The van der Waals surface area contributed by atoms with E-state index in [2.05, 4.69) is 39.4 Å². The number of hydrogen-bond acceptors (Lipinski definition) is 5. The van der Waals surface area contributed by atoms with E-state index in [9.17, 15) is 0 Å². The lowest BCUT2D eigenvalue weighted by Gasteiger charge is -2.18. The molecule has 1 aliphatic heterocycles. The van der Waals surface area contributed by atoms with Crippen molar-refractivity contribution < 1.29 is 0 Å². The van der Waals surface area contributed by atoms with E-state index in [1.54, 1.807) is 11.3 Å². The zero-order chi connectivity index (χ0) is 16.6. The topological polar surface area (TPSA) is 46.3 Å². The van der Waals surface area contributed by atoms with Crippen LogP contribution in [0, 0.1) is 0 Å². The molecular weight excluding hydrogens is 330 g/mol. The maximum absolute atomic E-state index is 4.81. The summed E-state index contributed by atoms with van der Waals surface area (Å²) in [4.78, 5) is 3.51. The Kier molecular flexibility index (Phi) is 3.48. The molecule has 1 saturated heterocycles. The molecule has 4 heterocycles. The van der Waals surface area contributed by atoms with Crippen LogP contribution < -0.4 is 4.90 Å². The van der Waals surface area contributed by atoms with E-state index in [1.807, 2.05) is 34.2 Å². The van der Waals surface area contributed by atoms with Gasteiger partial charge in [0.25, 0.3) is 0 Å². The van der Waals surface area contributed by atoms with Crippen molar-refractivity contribution in [3.8, 4) is 22.0 Å². The second-order valence-electron chi connectivity index (χ2n) is 6.23. The van der Waals surface area contributed by atoms with Gasteiger partial charge in [0, 0.05) is 24.3 Å². The molecule has 0 aliphatic carbocycles. The van der Waals surface area contributed by atoms with Gasteiger partial charge in [0.15, 0.2) is 11.5 Å². The van der Waals surface area contributed by atoms with Crippen LogP contribution in [0.25, 0.3) is 27.6 Å². The molecule has 0 amide bonds. The molecule has 1 aromatic carbocycles. The quantitative estimate of drug-likeness (QED) is 0.559. The molecule has 1 aliphatic rings. The summed E-state index contributed by atoms with van der Waals surface area (Å²) in [6.45, 7) is 2.29. The number of rotatable bonds is 3. The van der Waals surface area contributed by atoms with E-state index in [0.29, 0.717) is 0 Å². The Labute approximate surface area is 149 Å². The van der Waals surface area contributed by atoms with Crippen LogP contribution >= 0.6 is 11.3 Å². The summed E-state index contributed by atoms with van der Waals surface area (Å²) in [6, 6.07) is 16.7. The summed E-state index contributed by atoms with van der Waals surface area (Å²) in [7, 11) is 0. The highest BCUT2D eigenvalue weighted by molar-refractivity contribution is 7.13. The normalized spacial score (nSPS) is 14.5. The minimum absolute atomic E-state index is 0.767. The smallest absolute Gasteiger partial charge is 0.195 e. The highest BCUT2D eigenvalue weighted by Crippen LogP contribution is 2.27. The van der Waals surface area contributed by atoms with Gasteiger partial charge in [-0.3, -0.25) is 0 Å². The standard InChI is InChI=1S/C19H17N5S/c1-2-11-23(10-1)15-6-3-5-14(13-15)16-8-9-18-20-21-19(24(18)22-16)17-7-4-12-25-17/h3-9,12-13H,1-2,10-11H2. The van der Waals surface area contributed by atoms with Gasteiger partial charge in [0.2, 0.25) is 0 Å². The first-order valence-corrected chi connectivity index (χ1v) is 9.38. The summed E-state index contributed by atoms with van der Waals surface area (Å²) >= 11 is 1.65.